The molecular formula is C36H45F6N7O4. The van der Waals surface area contributed by atoms with E-state index in [9.17, 15) is 40.7 Å². The molecular weight excluding hydrogens is 708 g/mol. The fourth-order valence-corrected chi connectivity index (χ4v) is 7.96. The Hall–Kier alpha value is -4.25. The number of nitrogens with zero attached hydrogens (tertiary/aromatic N) is 4. The van der Waals surface area contributed by atoms with Crippen molar-refractivity contribution in [2.75, 3.05) is 56.9 Å². The number of nitrogens with one attached hydrogen (secondary N) is 2. The maximum absolute atomic E-state index is 13.9. The van der Waals surface area contributed by atoms with E-state index in [0.29, 0.717) is 63.9 Å². The molecule has 2 aromatic carbocycles. The molecule has 0 aromatic heterocycles. The number of piperidine rings is 3. The summed E-state index contributed by atoms with van der Waals surface area (Å²) in [6.07, 6.45) is -5.89. The van der Waals surface area contributed by atoms with Gasteiger partial charge in [0, 0.05) is 56.9 Å². The predicted molar refractivity (Wildman–Crippen MR) is 183 cm³/mol. The van der Waals surface area contributed by atoms with Crippen LogP contribution in [0.2, 0.25) is 0 Å². The summed E-state index contributed by atoms with van der Waals surface area (Å²) in [5.74, 6) is -0.634. The second-order valence-corrected chi connectivity index (χ2v) is 14.2. The fraction of sp³-hybridized carbons (Fsp3) is 0.583. The zero-order chi connectivity index (χ0) is 37.9. The Morgan fingerprint density at radius 3 is 2.08 bits per heavy atom. The summed E-state index contributed by atoms with van der Waals surface area (Å²) in [7, 11) is 0. The van der Waals surface area contributed by atoms with Gasteiger partial charge in [-0.1, -0.05) is 24.6 Å². The number of hydrogen-bond acceptors (Lipinski definition) is 7. The summed E-state index contributed by atoms with van der Waals surface area (Å²) >= 11 is 0. The average molecular weight is 754 g/mol. The Kier molecular flexibility index (Phi) is 11.6. The Morgan fingerprint density at radius 2 is 1.45 bits per heavy atom. The van der Waals surface area contributed by atoms with Gasteiger partial charge in [-0.15, -0.1) is 5.06 Å². The first kappa shape index (κ1) is 38.5. The molecule has 0 unspecified atom stereocenters. The quantitative estimate of drug-likeness (QED) is 0.238. The minimum absolute atomic E-state index is 0.134. The monoisotopic (exact) mass is 753 g/mol. The van der Waals surface area contributed by atoms with Gasteiger partial charge < -0.3 is 35.9 Å². The van der Waals surface area contributed by atoms with E-state index in [1.165, 1.54) is 9.96 Å². The zero-order valence-electron chi connectivity index (χ0n) is 29.3. The number of alkyl halides is 6. The molecule has 0 bridgehead atoms. The van der Waals surface area contributed by atoms with Gasteiger partial charge in [0.1, 0.15) is 6.04 Å². The number of benzene rings is 2. The normalized spacial score (nSPS) is 20.7. The van der Waals surface area contributed by atoms with Crippen LogP contribution in [0.5, 0.6) is 0 Å². The molecule has 3 fully saturated rings. The van der Waals surface area contributed by atoms with Crippen LogP contribution in [0.15, 0.2) is 36.4 Å². The Morgan fingerprint density at radius 1 is 0.849 bits per heavy atom. The fourth-order valence-electron chi connectivity index (χ4n) is 7.96. The molecule has 4 heterocycles. The Bertz CT molecular complexity index is 1600. The van der Waals surface area contributed by atoms with Crippen molar-refractivity contribution in [1.82, 2.24) is 25.1 Å². The molecule has 1 atom stereocenters. The first-order valence-electron chi connectivity index (χ1n) is 18.2. The van der Waals surface area contributed by atoms with E-state index in [4.69, 9.17) is 10.6 Å². The topological polar surface area (TPSA) is 123 Å². The van der Waals surface area contributed by atoms with E-state index >= 15 is 0 Å². The number of likely N-dealkylation sites (tertiary alicyclic amines) is 2. The number of nitrogens with two attached hydrogens (primary N) is 1. The summed E-state index contributed by atoms with van der Waals surface area (Å²) in [4.78, 5) is 51.4. The SMILES string of the molecule is Nc1c(C(F)(F)F)cc(C[C@@H](NC(=O)ON2CCC(N3CCc4ccccc4NC3=O)CC2)C(=O)N2CCC(N3CCCCC3)CC2)cc1C(F)(F)F. The average Bonchev–Trinajstić information content (AvgIpc) is 3.29. The van der Waals surface area contributed by atoms with Crippen molar-refractivity contribution < 1.29 is 45.6 Å². The van der Waals surface area contributed by atoms with Crippen molar-refractivity contribution in [1.29, 1.82) is 0 Å². The number of urea groups is 1. The van der Waals surface area contributed by atoms with Gasteiger partial charge in [0.25, 0.3) is 0 Å². The number of halogens is 6. The summed E-state index contributed by atoms with van der Waals surface area (Å²) in [5.41, 5.74) is 1.84. The number of rotatable bonds is 7. The van der Waals surface area contributed by atoms with Gasteiger partial charge in [0.15, 0.2) is 0 Å². The van der Waals surface area contributed by atoms with Gasteiger partial charge in [-0.25, -0.2) is 9.59 Å². The number of fused-ring (bicyclic) bond motifs is 1. The number of amides is 4. The van der Waals surface area contributed by atoms with Crippen molar-refractivity contribution in [3.63, 3.8) is 0 Å². The molecule has 17 heteroatoms. The van der Waals surface area contributed by atoms with E-state index in [1.807, 2.05) is 24.3 Å². The number of nitrogen functional groups attached to an aromatic ring is 1. The lowest BCUT2D eigenvalue weighted by molar-refractivity contribution is -0.141. The minimum Gasteiger partial charge on any atom is -0.398 e. The second-order valence-electron chi connectivity index (χ2n) is 14.2. The Labute approximate surface area is 303 Å². The third-order valence-electron chi connectivity index (χ3n) is 10.8. The minimum atomic E-state index is -5.20. The van der Waals surface area contributed by atoms with Crippen molar-refractivity contribution >= 4 is 29.4 Å². The largest absolute Gasteiger partial charge is 0.426 e. The van der Waals surface area contributed by atoms with Gasteiger partial charge in [0.2, 0.25) is 5.91 Å². The van der Waals surface area contributed by atoms with Crippen LogP contribution >= 0.6 is 0 Å². The molecule has 0 saturated carbocycles. The molecule has 53 heavy (non-hydrogen) atoms. The number of carbonyl (C=O) groups is 3. The van der Waals surface area contributed by atoms with Crippen LogP contribution in [0, 0.1) is 0 Å². The second kappa shape index (κ2) is 16.0. The van der Waals surface area contributed by atoms with Crippen molar-refractivity contribution in [3.8, 4) is 0 Å². The number of para-hydroxylation sites is 1. The lowest BCUT2D eigenvalue weighted by Gasteiger charge is -2.41. The molecule has 290 valence electrons. The van der Waals surface area contributed by atoms with Gasteiger partial charge >= 0.3 is 24.5 Å². The highest BCUT2D eigenvalue weighted by atomic mass is 19.4. The molecule has 4 amide bonds. The van der Waals surface area contributed by atoms with Gasteiger partial charge in [0.05, 0.1) is 16.8 Å². The molecule has 2 aromatic rings. The van der Waals surface area contributed by atoms with E-state index in [0.717, 1.165) is 43.6 Å². The van der Waals surface area contributed by atoms with Crippen LogP contribution < -0.4 is 16.4 Å². The van der Waals surface area contributed by atoms with Crippen LogP contribution in [0.25, 0.3) is 0 Å². The predicted octanol–water partition coefficient (Wildman–Crippen LogP) is 5.89. The zero-order valence-corrected chi connectivity index (χ0v) is 29.3. The standard InChI is InChI=1S/C36H45F6N7O4/c37-35(38,39)27-20-23(21-28(31(27)43)36(40,41)42)22-30(32(50)47-15-9-25(10-16-47)46-13-4-1-5-14-46)45-34(52)53-48-17-11-26(12-18-48)49-19-8-24-6-2-3-7-29(24)44-33(49)51/h2-3,6-7,20-21,25-26,30H,1,4-5,8-19,22,43H2,(H,44,51)(H,45,52)/t30-/m1/s1. The number of carbonyl (C=O) groups excluding carboxylic acids is 3. The maximum Gasteiger partial charge on any atom is 0.426 e. The van der Waals surface area contributed by atoms with Gasteiger partial charge in [-0.05, 0) is 87.4 Å². The molecule has 11 nitrogen and oxygen atoms in total. The lowest BCUT2D eigenvalue weighted by atomic mass is 9.95. The van der Waals surface area contributed by atoms with Gasteiger partial charge in [-0.2, -0.15) is 26.3 Å². The molecule has 0 aliphatic carbocycles. The van der Waals surface area contributed by atoms with Crippen LogP contribution in [-0.2, 0) is 34.8 Å². The smallest absolute Gasteiger partial charge is 0.398 e. The molecule has 0 radical (unpaired) electrons. The molecule has 6 rings (SSSR count). The molecule has 4 N–H and O–H groups in total. The van der Waals surface area contributed by atoms with Crippen molar-refractivity contribution in [2.24, 2.45) is 0 Å². The van der Waals surface area contributed by atoms with Crippen LogP contribution in [-0.4, -0.2) is 102 Å². The molecule has 4 aliphatic rings. The summed E-state index contributed by atoms with van der Waals surface area (Å²) in [6.45, 7) is 3.57. The third kappa shape index (κ3) is 9.28. The lowest BCUT2D eigenvalue weighted by Crippen LogP contribution is -2.55. The number of hydrogen-bond donors (Lipinski definition) is 3. The van der Waals surface area contributed by atoms with E-state index in [1.54, 1.807) is 4.90 Å². The summed E-state index contributed by atoms with van der Waals surface area (Å²) in [5, 5.41) is 6.76. The third-order valence-corrected chi connectivity index (χ3v) is 10.8. The van der Waals surface area contributed by atoms with E-state index in [-0.39, 0.29) is 31.2 Å². The maximum atomic E-state index is 13.9. The van der Waals surface area contributed by atoms with Crippen LogP contribution in [0.1, 0.15) is 67.2 Å². The highest BCUT2D eigenvalue weighted by Crippen LogP contribution is 2.42. The number of hydroxylamine groups is 2. The van der Waals surface area contributed by atoms with E-state index < -0.39 is 59.2 Å². The van der Waals surface area contributed by atoms with Crippen LogP contribution in [0.4, 0.5) is 47.3 Å². The summed E-state index contributed by atoms with van der Waals surface area (Å²) in [6, 6.07) is 6.92. The van der Waals surface area contributed by atoms with Crippen molar-refractivity contribution in [2.45, 2.75) is 88.3 Å². The Balaban J connectivity index is 1.13. The molecule has 0 spiro atoms. The summed E-state index contributed by atoms with van der Waals surface area (Å²) < 4.78 is 83.1. The molecule has 3 saturated heterocycles. The highest BCUT2D eigenvalue weighted by Gasteiger charge is 2.42. The van der Waals surface area contributed by atoms with Gasteiger partial charge in [-0.3, -0.25) is 4.79 Å². The van der Waals surface area contributed by atoms with Crippen LogP contribution in [0.3, 0.4) is 0 Å². The first-order valence-corrected chi connectivity index (χ1v) is 18.2. The van der Waals surface area contributed by atoms with Crippen molar-refractivity contribution in [3.05, 3.63) is 58.7 Å². The van der Waals surface area contributed by atoms with E-state index in [2.05, 4.69) is 15.5 Å². The molecule has 4 aliphatic heterocycles. The highest BCUT2D eigenvalue weighted by molar-refractivity contribution is 5.91. The first-order chi connectivity index (χ1) is 25.2. The number of anilines is 2.